The Morgan fingerprint density at radius 1 is 1.04 bits per heavy atom. The smallest absolute Gasteiger partial charge is 0.319 e. The Hall–Kier alpha value is -2.89. The predicted molar refractivity (Wildman–Crippen MR) is 100 cm³/mol. The summed E-state index contributed by atoms with van der Waals surface area (Å²) in [5, 5.41) is 5.92. The maximum absolute atomic E-state index is 12.5. The van der Waals surface area contributed by atoms with Crippen LogP contribution in [-0.2, 0) is 6.42 Å². The lowest BCUT2D eigenvalue weighted by molar-refractivity contribution is 0.247. The summed E-state index contributed by atoms with van der Waals surface area (Å²) < 4.78 is 15.9. The highest BCUT2D eigenvalue weighted by molar-refractivity contribution is 5.90. The number of rotatable bonds is 5. The highest BCUT2D eigenvalue weighted by atomic mass is 16.5. The molecular weight excluding hydrogens is 332 g/mol. The molecule has 0 aromatic heterocycles. The van der Waals surface area contributed by atoms with Gasteiger partial charge in [0.15, 0.2) is 11.5 Å². The van der Waals surface area contributed by atoms with E-state index in [1.54, 1.807) is 33.5 Å². The molecule has 0 heterocycles. The molecule has 0 saturated carbocycles. The van der Waals surface area contributed by atoms with Gasteiger partial charge in [-0.3, -0.25) is 0 Å². The fourth-order valence-electron chi connectivity index (χ4n) is 3.38. The van der Waals surface area contributed by atoms with E-state index in [9.17, 15) is 4.79 Å². The van der Waals surface area contributed by atoms with Crippen molar-refractivity contribution in [1.29, 1.82) is 0 Å². The Morgan fingerprint density at radius 3 is 2.38 bits per heavy atom. The maximum atomic E-state index is 12.5. The molecule has 0 radical (unpaired) electrons. The Labute approximate surface area is 153 Å². The second kappa shape index (κ2) is 7.99. The van der Waals surface area contributed by atoms with Gasteiger partial charge >= 0.3 is 6.03 Å². The zero-order valence-electron chi connectivity index (χ0n) is 15.3. The van der Waals surface area contributed by atoms with Gasteiger partial charge in [-0.25, -0.2) is 4.79 Å². The summed E-state index contributed by atoms with van der Waals surface area (Å²) >= 11 is 0. The van der Waals surface area contributed by atoms with Gasteiger partial charge in [0.25, 0.3) is 0 Å². The van der Waals surface area contributed by atoms with E-state index >= 15 is 0 Å². The van der Waals surface area contributed by atoms with Gasteiger partial charge in [-0.05, 0) is 30.4 Å². The van der Waals surface area contributed by atoms with Crippen molar-refractivity contribution in [2.75, 3.05) is 26.6 Å². The van der Waals surface area contributed by atoms with Crippen LogP contribution >= 0.6 is 0 Å². The van der Waals surface area contributed by atoms with E-state index in [0.29, 0.717) is 22.9 Å². The van der Waals surface area contributed by atoms with Gasteiger partial charge in [0.1, 0.15) is 0 Å². The number of aryl methyl sites for hydroxylation is 1. The highest BCUT2D eigenvalue weighted by Gasteiger charge is 2.22. The van der Waals surface area contributed by atoms with E-state index in [0.717, 1.165) is 19.3 Å². The first kappa shape index (κ1) is 17.9. The number of urea groups is 1. The number of fused-ring (bicyclic) bond motifs is 1. The number of amides is 2. The molecule has 6 nitrogen and oxygen atoms in total. The summed E-state index contributed by atoms with van der Waals surface area (Å²) in [5.41, 5.74) is 3.07. The first-order valence-corrected chi connectivity index (χ1v) is 8.61. The summed E-state index contributed by atoms with van der Waals surface area (Å²) in [6.07, 6.45) is 3.05. The monoisotopic (exact) mass is 356 g/mol. The summed E-state index contributed by atoms with van der Waals surface area (Å²) in [4.78, 5) is 12.5. The van der Waals surface area contributed by atoms with E-state index in [2.05, 4.69) is 22.8 Å². The van der Waals surface area contributed by atoms with Gasteiger partial charge in [-0.2, -0.15) is 0 Å². The molecule has 2 aromatic rings. The van der Waals surface area contributed by atoms with Gasteiger partial charge in [-0.15, -0.1) is 0 Å². The molecule has 2 N–H and O–H groups in total. The molecule has 0 unspecified atom stereocenters. The molecule has 138 valence electrons. The van der Waals surface area contributed by atoms with Crippen LogP contribution in [0.25, 0.3) is 0 Å². The van der Waals surface area contributed by atoms with Crippen LogP contribution in [0.5, 0.6) is 17.2 Å². The zero-order valence-corrected chi connectivity index (χ0v) is 15.3. The minimum Gasteiger partial charge on any atom is -0.493 e. The number of methoxy groups -OCH3 is 3. The molecule has 0 aliphatic heterocycles. The van der Waals surface area contributed by atoms with Crippen LogP contribution < -0.4 is 24.8 Å². The quantitative estimate of drug-likeness (QED) is 0.852. The van der Waals surface area contributed by atoms with E-state index in [1.807, 2.05) is 12.1 Å². The number of benzene rings is 2. The number of hydrogen-bond donors (Lipinski definition) is 2. The minimum absolute atomic E-state index is 0.0157. The first-order valence-electron chi connectivity index (χ1n) is 8.61. The number of hydrogen-bond acceptors (Lipinski definition) is 4. The van der Waals surface area contributed by atoms with E-state index in [-0.39, 0.29) is 12.1 Å². The molecule has 3 rings (SSSR count). The molecule has 0 bridgehead atoms. The van der Waals surface area contributed by atoms with Crippen LogP contribution in [0, 0.1) is 0 Å². The molecule has 1 aliphatic rings. The zero-order chi connectivity index (χ0) is 18.5. The van der Waals surface area contributed by atoms with Gasteiger partial charge in [-0.1, -0.05) is 24.3 Å². The van der Waals surface area contributed by atoms with Crippen LogP contribution in [-0.4, -0.2) is 27.4 Å². The molecule has 2 amide bonds. The van der Waals surface area contributed by atoms with Crippen LogP contribution in [0.15, 0.2) is 36.4 Å². The number of anilines is 1. The van der Waals surface area contributed by atoms with Crippen molar-refractivity contribution >= 4 is 11.7 Å². The lowest BCUT2D eigenvalue weighted by atomic mass is 9.88. The average Bonchev–Trinajstić information content (AvgIpc) is 2.67. The average molecular weight is 356 g/mol. The summed E-state index contributed by atoms with van der Waals surface area (Å²) in [6, 6.07) is 11.4. The lowest BCUT2D eigenvalue weighted by Crippen LogP contribution is -2.34. The van der Waals surface area contributed by atoms with Crippen molar-refractivity contribution in [3.63, 3.8) is 0 Å². The van der Waals surface area contributed by atoms with Crippen LogP contribution in [0.1, 0.15) is 30.0 Å². The second-order valence-electron chi connectivity index (χ2n) is 6.16. The van der Waals surface area contributed by atoms with Crippen molar-refractivity contribution in [2.45, 2.75) is 25.3 Å². The number of carbonyl (C=O) groups excluding carboxylic acids is 1. The van der Waals surface area contributed by atoms with Crippen LogP contribution in [0.4, 0.5) is 10.5 Å². The predicted octanol–water partition coefficient (Wildman–Crippen LogP) is 3.91. The molecule has 0 fully saturated rings. The van der Waals surface area contributed by atoms with Crippen molar-refractivity contribution in [2.24, 2.45) is 0 Å². The third kappa shape index (κ3) is 3.69. The molecule has 0 saturated heterocycles. The fourth-order valence-corrected chi connectivity index (χ4v) is 3.38. The third-order valence-electron chi connectivity index (χ3n) is 4.60. The topological polar surface area (TPSA) is 68.8 Å². The van der Waals surface area contributed by atoms with Crippen molar-refractivity contribution in [3.05, 3.63) is 47.5 Å². The molecule has 1 aliphatic carbocycles. The standard InChI is InChI=1S/C20H24N2O4/c1-24-17-11-14(12-18(25-2)19(17)26-3)21-20(23)22-16-10-6-8-13-7-4-5-9-15(13)16/h4-5,7,9,11-12,16H,6,8,10H2,1-3H3,(H2,21,22,23)/t16-/m0/s1. The first-order chi connectivity index (χ1) is 12.7. The van der Waals surface area contributed by atoms with Crippen LogP contribution in [0.3, 0.4) is 0 Å². The molecule has 1 atom stereocenters. The number of ether oxygens (including phenoxy) is 3. The van der Waals surface area contributed by atoms with Gasteiger partial charge in [0, 0.05) is 12.1 Å². The molecule has 0 spiro atoms. The SMILES string of the molecule is COc1cc(NC(=O)N[C@H]2CCCc3ccccc32)cc(OC)c1OC. The van der Waals surface area contributed by atoms with Crippen LogP contribution in [0.2, 0.25) is 0 Å². The summed E-state index contributed by atoms with van der Waals surface area (Å²) in [5.74, 6) is 1.47. The molecule has 26 heavy (non-hydrogen) atoms. The Kier molecular flexibility index (Phi) is 5.51. The van der Waals surface area contributed by atoms with Crippen molar-refractivity contribution < 1.29 is 19.0 Å². The minimum atomic E-state index is -0.263. The Morgan fingerprint density at radius 2 is 1.73 bits per heavy atom. The number of carbonyl (C=O) groups is 1. The molecular formula is C20H24N2O4. The maximum Gasteiger partial charge on any atom is 0.319 e. The number of nitrogens with one attached hydrogen (secondary N) is 2. The van der Waals surface area contributed by atoms with Gasteiger partial charge < -0.3 is 24.8 Å². The van der Waals surface area contributed by atoms with Crippen molar-refractivity contribution in [1.82, 2.24) is 5.32 Å². The van der Waals surface area contributed by atoms with E-state index in [4.69, 9.17) is 14.2 Å². The van der Waals surface area contributed by atoms with Gasteiger partial charge in [0.2, 0.25) is 5.75 Å². The highest BCUT2D eigenvalue weighted by Crippen LogP contribution is 2.40. The molecule has 2 aromatic carbocycles. The summed E-state index contributed by atoms with van der Waals surface area (Å²) in [7, 11) is 4.63. The normalized spacial score (nSPS) is 15.6. The van der Waals surface area contributed by atoms with Crippen molar-refractivity contribution in [3.8, 4) is 17.2 Å². The van der Waals surface area contributed by atoms with E-state index < -0.39 is 0 Å². The second-order valence-corrected chi connectivity index (χ2v) is 6.16. The molecule has 6 heteroatoms. The Balaban J connectivity index is 1.75. The fraction of sp³-hybridized carbons (Fsp3) is 0.350. The lowest BCUT2D eigenvalue weighted by Gasteiger charge is -2.26. The van der Waals surface area contributed by atoms with Gasteiger partial charge in [0.05, 0.1) is 33.1 Å². The largest absolute Gasteiger partial charge is 0.493 e. The summed E-state index contributed by atoms with van der Waals surface area (Å²) in [6.45, 7) is 0. The third-order valence-corrected chi connectivity index (χ3v) is 4.60. The van der Waals surface area contributed by atoms with E-state index in [1.165, 1.54) is 11.1 Å². The Bertz CT molecular complexity index is 766.